The number of carbonyl (C=O) groups excluding carboxylic acids is 1. The quantitative estimate of drug-likeness (QED) is 0.658. The zero-order valence-corrected chi connectivity index (χ0v) is 10.2. The van der Waals surface area contributed by atoms with E-state index < -0.39 is 5.97 Å². The first kappa shape index (κ1) is 11.4. The molecule has 3 aromatic rings. The molecule has 0 amide bonds. The van der Waals surface area contributed by atoms with Crippen molar-refractivity contribution in [3.8, 4) is 5.75 Å². The number of rotatable bonds is 2. The molecule has 5 heteroatoms. The number of nitrogens with zero attached hydrogens (tertiary/aromatic N) is 2. The van der Waals surface area contributed by atoms with E-state index in [0.29, 0.717) is 5.75 Å². The number of pyridine rings is 1. The van der Waals surface area contributed by atoms with Gasteiger partial charge in [0.05, 0.1) is 11.7 Å². The maximum Gasteiger partial charge on any atom is 0.348 e. The molecule has 94 valence electrons. The molecule has 0 saturated carbocycles. The van der Waals surface area contributed by atoms with Crippen LogP contribution in [0.2, 0.25) is 0 Å². The molecular weight excluding hydrogens is 244 g/mol. The highest BCUT2D eigenvalue weighted by molar-refractivity contribution is 5.94. The van der Waals surface area contributed by atoms with E-state index in [2.05, 4.69) is 14.7 Å². The van der Waals surface area contributed by atoms with Crippen LogP contribution in [-0.2, 0) is 0 Å². The highest BCUT2D eigenvalue weighted by atomic mass is 16.5. The number of carbonyl (C=O) groups is 1. The lowest BCUT2D eigenvalue weighted by molar-refractivity contribution is 0.0736. The Morgan fingerprint density at radius 2 is 2.16 bits per heavy atom. The normalized spacial score (nSPS) is 10.6. The smallest absolute Gasteiger partial charge is 0.348 e. The second kappa shape index (κ2) is 4.53. The summed E-state index contributed by atoms with van der Waals surface area (Å²) in [6.45, 7) is 1.85. The van der Waals surface area contributed by atoms with E-state index >= 15 is 0 Å². The summed E-state index contributed by atoms with van der Waals surface area (Å²) in [5.74, 6) is -0.0219. The molecule has 3 rings (SSSR count). The van der Waals surface area contributed by atoms with Crippen molar-refractivity contribution in [2.24, 2.45) is 0 Å². The standard InChI is InChI=1S/C14H10N2O3/c1-9-6-13(11-4-2-3-5-12(11)16-9)19-14(17)10-7-15-18-8-10/h2-8H,1H3. The Labute approximate surface area is 108 Å². The predicted molar refractivity (Wildman–Crippen MR) is 67.9 cm³/mol. The summed E-state index contributed by atoms with van der Waals surface area (Å²) in [5, 5.41) is 4.27. The van der Waals surface area contributed by atoms with Crippen molar-refractivity contribution in [1.29, 1.82) is 0 Å². The summed E-state index contributed by atoms with van der Waals surface area (Å²) >= 11 is 0. The average molecular weight is 254 g/mol. The number of para-hydroxylation sites is 1. The summed E-state index contributed by atoms with van der Waals surface area (Å²) < 4.78 is 10.00. The summed E-state index contributed by atoms with van der Waals surface area (Å²) in [4.78, 5) is 16.3. The molecule has 0 spiro atoms. The van der Waals surface area contributed by atoms with Gasteiger partial charge < -0.3 is 9.26 Å². The number of esters is 1. The van der Waals surface area contributed by atoms with Crippen LogP contribution in [-0.4, -0.2) is 16.1 Å². The van der Waals surface area contributed by atoms with Gasteiger partial charge in [-0.05, 0) is 19.1 Å². The van der Waals surface area contributed by atoms with Crippen molar-refractivity contribution in [1.82, 2.24) is 10.1 Å². The minimum absolute atomic E-state index is 0.276. The third kappa shape index (κ3) is 2.18. The highest BCUT2D eigenvalue weighted by Gasteiger charge is 2.13. The van der Waals surface area contributed by atoms with Gasteiger partial charge in [0.2, 0.25) is 0 Å². The summed E-state index contributed by atoms with van der Waals surface area (Å²) in [6, 6.07) is 9.22. The Morgan fingerprint density at radius 3 is 2.95 bits per heavy atom. The molecular formula is C14H10N2O3. The van der Waals surface area contributed by atoms with Crippen molar-refractivity contribution in [2.75, 3.05) is 0 Å². The van der Waals surface area contributed by atoms with Crippen LogP contribution in [0.15, 0.2) is 47.3 Å². The molecule has 2 aromatic heterocycles. The second-order valence-corrected chi connectivity index (χ2v) is 4.08. The van der Waals surface area contributed by atoms with Crippen molar-refractivity contribution in [3.05, 3.63) is 54.0 Å². The van der Waals surface area contributed by atoms with Crippen LogP contribution in [0.3, 0.4) is 0 Å². The second-order valence-electron chi connectivity index (χ2n) is 4.08. The molecule has 0 fully saturated rings. The fourth-order valence-corrected chi connectivity index (χ4v) is 1.82. The van der Waals surface area contributed by atoms with Crippen molar-refractivity contribution in [3.63, 3.8) is 0 Å². The van der Waals surface area contributed by atoms with Crippen LogP contribution < -0.4 is 4.74 Å². The number of ether oxygens (including phenoxy) is 1. The number of benzene rings is 1. The van der Waals surface area contributed by atoms with Gasteiger partial charge in [0.25, 0.3) is 0 Å². The first-order chi connectivity index (χ1) is 9.24. The molecule has 0 aliphatic heterocycles. The number of hydrogen-bond acceptors (Lipinski definition) is 5. The fraction of sp³-hybridized carbons (Fsp3) is 0.0714. The zero-order chi connectivity index (χ0) is 13.2. The predicted octanol–water partition coefficient (Wildman–Crippen LogP) is 2.75. The Morgan fingerprint density at radius 1 is 1.32 bits per heavy atom. The van der Waals surface area contributed by atoms with Crippen LogP contribution in [0.5, 0.6) is 5.75 Å². The fourth-order valence-electron chi connectivity index (χ4n) is 1.82. The van der Waals surface area contributed by atoms with E-state index in [9.17, 15) is 4.79 Å². The van der Waals surface area contributed by atoms with Crippen LogP contribution >= 0.6 is 0 Å². The molecule has 0 aliphatic carbocycles. The van der Waals surface area contributed by atoms with Gasteiger partial charge in [-0.25, -0.2) is 4.79 Å². The lowest BCUT2D eigenvalue weighted by atomic mass is 10.2. The molecule has 0 saturated heterocycles. The van der Waals surface area contributed by atoms with Crippen molar-refractivity contribution < 1.29 is 14.1 Å². The minimum Gasteiger partial charge on any atom is -0.422 e. The van der Waals surface area contributed by atoms with E-state index in [-0.39, 0.29) is 5.56 Å². The van der Waals surface area contributed by atoms with Crippen LogP contribution in [0.4, 0.5) is 0 Å². The van der Waals surface area contributed by atoms with Gasteiger partial charge in [-0.15, -0.1) is 0 Å². The molecule has 0 radical (unpaired) electrons. The molecule has 0 atom stereocenters. The van der Waals surface area contributed by atoms with Gasteiger partial charge in [0, 0.05) is 17.1 Å². The molecule has 2 heterocycles. The topological polar surface area (TPSA) is 65.2 Å². The number of aryl methyl sites for hydroxylation is 1. The van der Waals surface area contributed by atoms with Gasteiger partial charge >= 0.3 is 5.97 Å². The van der Waals surface area contributed by atoms with E-state index in [1.165, 1.54) is 12.5 Å². The zero-order valence-electron chi connectivity index (χ0n) is 10.2. The monoisotopic (exact) mass is 254 g/mol. The summed E-state index contributed by atoms with van der Waals surface area (Å²) in [5.41, 5.74) is 1.85. The summed E-state index contributed by atoms with van der Waals surface area (Å²) in [7, 11) is 0. The highest BCUT2D eigenvalue weighted by Crippen LogP contribution is 2.25. The number of aromatic nitrogens is 2. The van der Waals surface area contributed by atoms with Gasteiger partial charge in [-0.2, -0.15) is 0 Å². The van der Waals surface area contributed by atoms with E-state index in [1.54, 1.807) is 6.07 Å². The minimum atomic E-state index is -0.503. The van der Waals surface area contributed by atoms with Gasteiger partial charge in [-0.1, -0.05) is 17.3 Å². The maximum absolute atomic E-state index is 11.9. The van der Waals surface area contributed by atoms with Crippen molar-refractivity contribution >= 4 is 16.9 Å². The van der Waals surface area contributed by atoms with Crippen LogP contribution in [0, 0.1) is 6.92 Å². The molecule has 1 aromatic carbocycles. The Bertz CT molecular complexity index is 736. The lowest BCUT2D eigenvalue weighted by Gasteiger charge is -2.07. The van der Waals surface area contributed by atoms with Crippen LogP contribution in [0.25, 0.3) is 10.9 Å². The molecule has 19 heavy (non-hydrogen) atoms. The Kier molecular flexibility index (Phi) is 2.72. The van der Waals surface area contributed by atoms with Gasteiger partial charge in [0.15, 0.2) is 0 Å². The average Bonchev–Trinajstić information content (AvgIpc) is 2.92. The molecule has 0 aliphatic rings. The lowest BCUT2D eigenvalue weighted by Crippen LogP contribution is -2.08. The molecule has 5 nitrogen and oxygen atoms in total. The van der Waals surface area contributed by atoms with E-state index in [1.807, 2.05) is 31.2 Å². The third-order valence-corrected chi connectivity index (χ3v) is 2.68. The Hall–Kier alpha value is -2.69. The molecule has 0 N–H and O–H groups in total. The van der Waals surface area contributed by atoms with Gasteiger partial charge in [-0.3, -0.25) is 4.98 Å². The maximum atomic E-state index is 11.9. The number of hydrogen-bond donors (Lipinski definition) is 0. The molecule has 0 unspecified atom stereocenters. The first-order valence-electron chi connectivity index (χ1n) is 5.72. The molecule has 0 bridgehead atoms. The SMILES string of the molecule is Cc1cc(OC(=O)c2cnoc2)c2ccccc2n1. The van der Waals surface area contributed by atoms with Crippen molar-refractivity contribution in [2.45, 2.75) is 6.92 Å². The van der Waals surface area contributed by atoms with Gasteiger partial charge in [0.1, 0.15) is 17.6 Å². The van der Waals surface area contributed by atoms with E-state index in [4.69, 9.17) is 4.74 Å². The third-order valence-electron chi connectivity index (χ3n) is 2.68. The summed E-state index contributed by atoms with van der Waals surface area (Å²) in [6.07, 6.45) is 2.57. The van der Waals surface area contributed by atoms with Crippen LogP contribution in [0.1, 0.15) is 16.1 Å². The first-order valence-corrected chi connectivity index (χ1v) is 5.72. The largest absolute Gasteiger partial charge is 0.422 e. The number of fused-ring (bicyclic) bond motifs is 1. The Balaban J connectivity index is 2.03. The van der Waals surface area contributed by atoms with E-state index in [0.717, 1.165) is 16.6 Å².